The Kier molecular flexibility index (Phi) is 6.71. The lowest BCUT2D eigenvalue weighted by atomic mass is 10.3. The van der Waals surface area contributed by atoms with E-state index >= 15 is 0 Å². The van der Waals surface area contributed by atoms with E-state index in [1.54, 1.807) is 42.5 Å². The maximum atomic E-state index is 12.6. The largest absolute Gasteiger partial charge is 0.506 e. The highest BCUT2D eigenvalue weighted by Gasteiger charge is 2.18. The smallest absolute Gasteiger partial charge is 0.262 e. The van der Waals surface area contributed by atoms with Gasteiger partial charge in [-0.1, -0.05) is 29.3 Å². The molecular formula is C20H16Cl2N2O5S. The number of carbonyl (C=O) groups excluding carboxylic acids is 1. The van der Waals surface area contributed by atoms with Gasteiger partial charge in [0.2, 0.25) is 0 Å². The maximum Gasteiger partial charge on any atom is 0.262 e. The fraction of sp³-hybridized carbons (Fsp3) is 0.0500. The zero-order valence-corrected chi connectivity index (χ0v) is 17.6. The fourth-order valence-corrected chi connectivity index (χ4v) is 3.81. The normalized spacial score (nSPS) is 11.0. The molecule has 1 amide bonds. The topological polar surface area (TPSA) is 105 Å². The zero-order valence-electron chi connectivity index (χ0n) is 15.3. The Balaban J connectivity index is 1.71. The van der Waals surface area contributed by atoms with Gasteiger partial charge >= 0.3 is 0 Å². The fourth-order valence-electron chi connectivity index (χ4n) is 2.41. The number of benzene rings is 3. The molecule has 7 nitrogen and oxygen atoms in total. The Morgan fingerprint density at radius 1 is 0.967 bits per heavy atom. The number of ether oxygens (including phenoxy) is 1. The summed E-state index contributed by atoms with van der Waals surface area (Å²) < 4.78 is 32.9. The third kappa shape index (κ3) is 5.79. The van der Waals surface area contributed by atoms with Gasteiger partial charge in [0, 0.05) is 10.0 Å². The van der Waals surface area contributed by atoms with Crippen molar-refractivity contribution in [3.8, 4) is 11.5 Å². The first-order chi connectivity index (χ1) is 14.2. The van der Waals surface area contributed by atoms with Gasteiger partial charge in [0.1, 0.15) is 11.5 Å². The van der Waals surface area contributed by atoms with Gasteiger partial charge in [-0.3, -0.25) is 9.52 Å². The van der Waals surface area contributed by atoms with Crippen LogP contribution in [0.2, 0.25) is 10.0 Å². The molecule has 10 heteroatoms. The number of anilines is 2. The van der Waals surface area contributed by atoms with Crippen LogP contribution in [0.15, 0.2) is 71.6 Å². The van der Waals surface area contributed by atoms with E-state index in [4.69, 9.17) is 27.9 Å². The van der Waals surface area contributed by atoms with Gasteiger partial charge in [0.05, 0.1) is 16.3 Å². The van der Waals surface area contributed by atoms with Gasteiger partial charge in [-0.05, 0) is 60.7 Å². The lowest BCUT2D eigenvalue weighted by Gasteiger charge is -2.12. The van der Waals surface area contributed by atoms with Crippen LogP contribution in [0.1, 0.15) is 0 Å². The van der Waals surface area contributed by atoms with Crippen LogP contribution < -0.4 is 14.8 Å². The van der Waals surface area contributed by atoms with Crippen molar-refractivity contribution in [2.75, 3.05) is 16.6 Å². The lowest BCUT2D eigenvalue weighted by molar-refractivity contribution is -0.118. The molecule has 0 aliphatic rings. The number of halogens is 2. The molecule has 0 saturated carbocycles. The summed E-state index contributed by atoms with van der Waals surface area (Å²) >= 11 is 11.7. The molecule has 3 aromatic rings. The average molecular weight is 467 g/mol. The Bertz CT molecular complexity index is 1170. The van der Waals surface area contributed by atoms with Crippen molar-refractivity contribution < 1.29 is 23.1 Å². The summed E-state index contributed by atoms with van der Waals surface area (Å²) in [5.41, 5.74) is 0.200. The minimum Gasteiger partial charge on any atom is -0.506 e. The van der Waals surface area contributed by atoms with Gasteiger partial charge in [-0.25, -0.2) is 8.42 Å². The second-order valence-electron chi connectivity index (χ2n) is 6.09. The molecule has 0 atom stereocenters. The molecule has 156 valence electrons. The number of phenols is 1. The third-order valence-electron chi connectivity index (χ3n) is 3.81. The number of sulfonamides is 1. The van der Waals surface area contributed by atoms with Crippen molar-refractivity contribution in [2.24, 2.45) is 0 Å². The standard InChI is InChI=1S/C20H16Cl2N2O5S/c21-13-4-6-16(7-5-13)29-12-20(26)23-18-11-17(8-9-19(18)25)30(27,28)24-15-3-1-2-14(22)10-15/h1-11,24-25H,12H2,(H,23,26). The number of hydrogen-bond donors (Lipinski definition) is 3. The van der Waals surface area contributed by atoms with Crippen LogP contribution in [0.25, 0.3) is 0 Å². The molecule has 0 heterocycles. The summed E-state index contributed by atoms with van der Waals surface area (Å²) in [5.74, 6) is -0.449. The van der Waals surface area contributed by atoms with E-state index in [0.717, 1.165) is 6.07 Å². The minimum atomic E-state index is -3.98. The number of amides is 1. The van der Waals surface area contributed by atoms with Crippen LogP contribution in [-0.4, -0.2) is 26.0 Å². The molecule has 30 heavy (non-hydrogen) atoms. The van der Waals surface area contributed by atoms with Crippen LogP contribution in [-0.2, 0) is 14.8 Å². The van der Waals surface area contributed by atoms with E-state index in [0.29, 0.717) is 15.8 Å². The quantitative estimate of drug-likeness (QED) is 0.444. The molecule has 0 fully saturated rings. The molecule has 0 aromatic heterocycles. The van der Waals surface area contributed by atoms with Crippen LogP contribution in [0, 0.1) is 0 Å². The molecule has 0 saturated heterocycles. The first kappa shape index (κ1) is 21.8. The summed E-state index contributed by atoms with van der Waals surface area (Å²) in [6.07, 6.45) is 0. The Hall–Kier alpha value is -2.94. The van der Waals surface area contributed by atoms with Gasteiger partial charge in [-0.2, -0.15) is 0 Å². The average Bonchev–Trinajstić information content (AvgIpc) is 2.69. The molecular weight excluding hydrogens is 451 g/mol. The molecule has 0 unspecified atom stereocenters. The molecule has 0 radical (unpaired) electrons. The highest BCUT2D eigenvalue weighted by atomic mass is 35.5. The van der Waals surface area contributed by atoms with Crippen LogP contribution >= 0.6 is 23.2 Å². The second-order valence-corrected chi connectivity index (χ2v) is 8.64. The van der Waals surface area contributed by atoms with Crippen LogP contribution in [0.4, 0.5) is 11.4 Å². The van der Waals surface area contributed by atoms with Crippen molar-refractivity contribution >= 4 is 50.5 Å². The first-order valence-electron chi connectivity index (χ1n) is 8.52. The predicted octanol–water partition coefficient (Wildman–Crippen LogP) is 4.52. The summed E-state index contributed by atoms with van der Waals surface area (Å²) in [6, 6.07) is 16.2. The molecule has 3 N–H and O–H groups in total. The highest BCUT2D eigenvalue weighted by molar-refractivity contribution is 7.92. The molecule has 0 spiro atoms. The third-order valence-corrected chi connectivity index (χ3v) is 5.68. The molecule has 0 bridgehead atoms. The van der Waals surface area contributed by atoms with Crippen molar-refractivity contribution in [1.29, 1.82) is 0 Å². The van der Waals surface area contributed by atoms with Gasteiger partial charge < -0.3 is 15.2 Å². The summed E-state index contributed by atoms with van der Waals surface area (Å²) in [7, 11) is -3.98. The van der Waals surface area contributed by atoms with E-state index in [2.05, 4.69) is 10.0 Å². The zero-order chi connectivity index (χ0) is 21.7. The number of aromatic hydroxyl groups is 1. The Morgan fingerprint density at radius 3 is 2.40 bits per heavy atom. The second kappa shape index (κ2) is 9.25. The molecule has 3 aromatic carbocycles. The van der Waals surface area contributed by atoms with Crippen LogP contribution in [0.3, 0.4) is 0 Å². The van der Waals surface area contributed by atoms with Crippen molar-refractivity contribution in [2.45, 2.75) is 4.90 Å². The first-order valence-corrected chi connectivity index (χ1v) is 10.8. The highest BCUT2D eigenvalue weighted by Crippen LogP contribution is 2.28. The van der Waals surface area contributed by atoms with Gasteiger partial charge in [0.15, 0.2) is 6.61 Å². The molecule has 0 aliphatic carbocycles. The predicted molar refractivity (Wildman–Crippen MR) is 116 cm³/mol. The lowest BCUT2D eigenvalue weighted by Crippen LogP contribution is -2.20. The van der Waals surface area contributed by atoms with E-state index in [9.17, 15) is 18.3 Å². The SMILES string of the molecule is O=C(COc1ccc(Cl)cc1)Nc1cc(S(=O)(=O)Nc2cccc(Cl)c2)ccc1O. The van der Waals surface area contributed by atoms with Crippen molar-refractivity contribution in [3.63, 3.8) is 0 Å². The van der Waals surface area contributed by atoms with Crippen molar-refractivity contribution in [1.82, 2.24) is 0 Å². The minimum absolute atomic E-state index is 0.0753. The van der Waals surface area contributed by atoms with Crippen LogP contribution in [0.5, 0.6) is 11.5 Å². The molecule has 0 aliphatic heterocycles. The number of phenolic OH excluding ortho intramolecular Hbond substituents is 1. The Morgan fingerprint density at radius 2 is 1.70 bits per heavy atom. The number of nitrogens with one attached hydrogen (secondary N) is 2. The Labute approximate surface area is 183 Å². The summed E-state index contributed by atoms with van der Waals surface area (Å²) in [6.45, 7) is -0.348. The van der Waals surface area contributed by atoms with Gasteiger partial charge in [0.25, 0.3) is 15.9 Å². The maximum absolute atomic E-state index is 12.6. The number of hydrogen-bond acceptors (Lipinski definition) is 5. The summed E-state index contributed by atoms with van der Waals surface area (Å²) in [4.78, 5) is 12.0. The summed E-state index contributed by atoms with van der Waals surface area (Å²) in [5, 5.41) is 13.3. The van der Waals surface area contributed by atoms with E-state index in [-0.39, 0.29) is 28.6 Å². The van der Waals surface area contributed by atoms with E-state index in [1.807, 2.05) is 0 Å². The monoisotopic (exact) mass is 466 g/mol. The van der Waals surface area contributed by atoms with Gasteiger partial charge in [-0.15, -0.1) is 0 Å². The number of rotatable bonds is 7. The van der Waals surface area contributed by atoms with E-state index in [1.165, 1.54) is 18.2 Å². The van der Waals surface area contributed by atoms with Crippen molar-refractivity contribution in [3.05, 3.63) is 76.8 Å². The molecule has 3 rings (SSSR count). The van der Waals surface area contributed by atoms with E-state index < -0.39 is 15.9 Å². The number of carbonyl (C=O) groups is 1.